The molecule has 114 valence electrons. The van der Waals surface area contributed by atoms with Gasteiger partial charge in [0.1, 0.15) is 17.3 Å². The average molecular weight is 288 g/mol. The van der Waals surface area contributed by atoms with Gasteiger partial charge >= 0.3 is 0 Å². The standard InChI is InChI=1S/C16H24N4O/c1-12-17-14(11-15(18-12)20-9-5-6-10-20)16(21)19-13-7-3-2-4-8-13/h11,13H,2-10H2,1H3,(H,19,21). The van der Waals surface area contributed by atoms with E-state index in [2.05, 4.69) is 20.2 Å². The minimum Gasteiger partial charge on any atom is -0.356 e. The highest BCUT2D eigenvalue weighted by molar-refractivity contribution is 5.93. The van der Waals surface area contributed by atoms with Gasteiger partial charge in [-0.3, -0.25) is 4.79 Å². The summed E-state index contributed by atoms with van der Waals surface area (Å²) in [4.78, 5) is 23.5. The van der Waals surface area contributed by atoms with Gasteiger partial charge in [0.2, 0.25) is 0 Å². The van der Waals surface area contributed by atoms with Crippen LogP contribution in [0.3, 0.4) is 0 Å². The minimum absolute atomic E-state index is 0.0483. The molecule has 0 radical (unpaired) electrons. The summed E-state index contributed by atoms with van der Waals surface area (Å²) >= 11 is 0. The van der Waals surface area contributed by atoms with Crippen molar-refractivity contribution in [3.8, 4) is 0 Å². The van der Waals surface area contributed by atoms with E-state index >= 15 is 0 Å². The fraction of sp³-hybridized carbons (Fsp3) is 0.688. The van der Waals surface area contributed by atoms with E-state index in [1.807, 2.05) is 13.0 Å². The molecule has 5 nitrogen and oxygen atoms in total. The normalized spacial score (nSPS) is 19.8. The summed E-state index contributed by atoms with van der Waals surface area (Å²) in [5, 5.41) is 3.13. The van der Waals surface area contributed by atoms with E-state index in [1.54, 1.807) is 0 Å². The SMILES string of the molecule is Cc1nc(C(=O)NC2CCCCC2)cc(N2CCCC2)n1. The summed E-state index contributed by atoms with van der Waals surface area (Å²) in [6, 6.07) is 2.16. The molecule has 3 rings (SSSR count). The summed E-state index contributed by atoms with van der Waals surface area (Å²) in [7, 11) is 0. The predicted octanol–water partition coefficient (Wildman–Crippen LogP) is 2.45. The van der Waals surface area contributed by atoms with Crippen LogP contribution in [0.4, 0.5) is 5.82 Å². The van der Waals surface area contributed by atoms with Crippen LogP contribution in [0.2, 0.25) is 0 Å². The molecule has 1 saturated heterocycles. The highest BCUT2D eigenvalue weighted by atomic mass is 16.1. The first-order valence-corrected chi connectivity index (χ1v) is 8.14. The van der Waals surface area contributed by atoms with Crippen LogP contribution in [0.15, 0.2) is 6.07 Å². The second-order valence-electron chi connectivity index (χ2n) is 6.16. The molecule has 0 bridgehead atoms. The van der Waals surface area contributed by atoms with E-state index in [9.17, 15) is 4.79 Å². The van der Waals surface area contributed by atoms with E-state index in [0.717, 1.165) is 31.7 Å². The first-order valence-electron chi connectivity index (χ1n) is 8.14. The van der Waals surface area contributed by atoms with Gasteiger partial charge in [-0.1, -0.05) is 19.3 Å². The predicted molar refractivity (Wildman–Crippen MR) is 82.6 cm³/mol. The number of hydrogen-bond donors (Lipinski definition) is 1. The first kappa shape index (κ1) is 14.3. The van der Waals surface area contributed by atoms with E-state index < -0.39 is 0 Å². The zero-order chi connectivity index (χ0) is 14.7. The van der Waals surface area contributed by atoms with Crippen LogP contribution < -0.4 is 10.2 Å². The van der Waals surface area contributed by atoms with Crippen LogP contribution in [-0.4, -0.2) is 35.0 Å². The van der Waals surface area contributed by atoms with E-state index in [4.69, 9.17) is 0 Å². The largest absolute Gasteiger partial charge is 0.356 e. The maximum Gasteiger partial charge on any atom is 0.270 e. The molecule has 1 saturated carbocycles. The molecule has 1 N–H and O–H groups in total. The van der Waals surface area contributed by atoms with Gasteiger partial charge in [-0.15, -0.1) is 0 Å². The Hall–Kier alpha value is -1.65. The molecule has 0 spiro atoms. The van der Waals surface area contributed by atoms with Gasteiger partial charge < -0.3 is 10.2 Å². The zero-order valence-electron chi connectivity index (χ0n) is 12.8. The number of rotatable bonds is 3. The van der Waals surface area contributed by atoms with Gasteiger partial charge in [-0.05, 0) is 32.6 Å². The van der Waals surface area contributed by atoms with Crippen LogP contribution in [-0.2, 0) is 0 Å². The van der Waals surface area contributed by atoms with Crippen molar-refractivity contribution in [1.29, 1.82) is 0 Å². The zero-order valence-corrected chi connectivity index (χ0v) is 12.8. The van der Waals surface area contributed by atoms with Crippen molar-refractivity contribution < 1.29 is 4.79 Å². The van der Waals surface area contributed by atoms with Crippen molar-refractivity contribution >= 4 is 11.7 Å². The molecule has 2 aliphatic rings. The molecule has 1 aliphatic carbocycles. The van der Waals surface area contributed by atoms with Crippen LogP contribution in [0.25, 0.3) is 0 Å². The highest BCUT2D eigenvalue weighted by Gasteiger charge is 2.20. The lowest BCUT2D eigenvalue weighted by Gasteiger charge is -2.23. The molecule has 1 aliphatic heterocycles. The highest BCUT2D eigenvalue weighted by Crippen LogP contribution is 2.20. The van der Waals surface area contributed by atoms with Gasteiger partial charge in [0, 0.05) is 25.2 Å². The van der Waals surface area contributed by atoms with Crippen LogP contribution in [0.1, 0.15) is 61.3 Å². The molecule has 5 heteroatoms. The number of carbonyl (C=O) groups excluding carboxylic acids is 1. The molecule has 2 heterocycles. The molecule has 2 fully saturated rings. The lowest BCUT2D eigenvalue weighted by Crippen LogP contribution is -2.36. The van der Waals surface area contributed by atoms with Crippen molar-refractivity contribution in [2.45, 2.75) is 57.9 Å². The minimum atomic E-state index is -0.0483. The van der Waals surface area contributed by atoms with Gasteiger partial charge in [-0.2, -0.15) is 0 Å². The fourth-order valence-corrected chi connectivity index (χ4v) is 3.28. The number of nitrogens with one attached hydrogen (secondary N) is 1. The number of carbonyl (C=O) groups is 1. The van der Waals surface area contributed by atoms with Gasteiger partial charge in [0.15, 0.2) is 0 Å². The second kappa shape index (κ2) is 6.41. The molecular weight excluding hydrogens is 264 g/mol. The number of aromatic nitrogens is 2. The third kappa shape index (κ3) is 3.52. The summed E-state index contributed by atoms with van der Waals surface area (Å²) < 4.78 is 0. The Bertz CT molecular complexity index is 505. The molecule has 21 heavy (non-hydrogen) atoms. The number of aryl methyl sites for hydroxylation is 1. The lowest BCUT2D eigenvalue weighted by molar-refractivity contribution is 0.0922. The number of hydrogen-bond acceptors (Lipinski definition) is 4. The molecule has 1 amide bonds. The summed E-state index contributed by atoms with van der Waals surface area (Å²) in [6.45, 7) is 3.91. The van der Waals surface area contributed by atoms with Crippen molar-refractivity contribution in [3.05, 3.63) is 17.6 Å². The topological polar surface area (TPSA) is 58.1 Å². The molecule has 1 aromatic heterocycles. The molecular formula is C16H24N4O. The number of nitrogens with zero attached hydrogens (tertiary/aromatic N) is 3. The van der Waals surface area contributed by atoms with Crippen LogP contribution in [0.5, 0.6) is 0 Å². The molecule has 0 aromatic carbocycles. The van der Waals surface area contributed by atoms with Gasteiger partial charge in [0.25, 0.3) is 5.91 Å². The van der Waals surface area contributed by atoms with Crippen LogP contribution >= 0.6 is 0 Å². The van der Waals surface area contributed by atoms with Gasteiger partial charge in [0.05, 0.1) is 0 Å². The monoisotopic (exact) mass is 288 g/mol. The Morgan fingerprint density at radius 1 is 1.14 bits per heavy atom. The summed E-state index contributed by atoms with van der Waals surface area (Å²) in [5.41, 5.74) is 0.509. The third-order valence-corrected chi connectivity index (χ3v) is 4.43. The van der Waals surface area contributed by atoms with E-state index in [0.29, 0.717) is 17.6 Å². The first-order chi connectivity index (χ1) is 10.2. The Kier molecular flexibility index (Phi) is 4.36. The van der Waals surface area contributed by atoms with Gasteiger partial charge in [-0.25, -0.2) is 9.97 Å². The smallest absolute Gasteiger partial charge is 0.270 e. The summed E-state index contributed by atoms with van der Waals surface area (Å²) in [6.07, 6.45) is 8.31. The van der Waals surface area contributed by atoms with Crippen molar-refractivity contribution in [2.24, 2.45) is 0 Å². The van der Waals surface area contributed by atoms with E-state index in [-0.39, 0.29) is 5.91 Å². The van der Waals surface area contributed by atoms with Crippen molar-refractivity contribution in [1.82, 2.24) is 15.3 Å². The van der Waals surface area contributed by atoms with Crippen molar-refractivity contribution in [2.75, 3.05) is 18.0 Å². The molecule has 0 atom stereocenters. The number of anilines is 1. The fourth-order valence-electron chi connectivity index (χ4n) is 3.28. The summed E-state index contributed by atoms with van der Waals surface area (Å²) in [5.74, 6) is 1.52. The average Bonchev–Trinajstić information content (AvgIpc) is 3.02. The second-order valence-corrected chi connectivity index (χ2v) is 6.16. The molecule has 1 aromatic rings. The Morgan fingerprint density at radius 3 is 2.57 bits per heavy atom. The lowest BCUT2D eigenvalue weighted by atomic mass is 9.95. The van der Waals surface area contributed by atoms with E-state index in [1.165, 1.54) is 32.1 Å². The Morgan fingerprint density at radius 2 is 1.86 bits per heavy atom. The van der Waals surface area contributed by atoms with Crippen LogP contribution in [0, 0.1) is 6.92 Å². The molecule has 0 unspecified atom stereocenters. The quantitative estimate of drug-likeness (QED) is 0.928. The van der Waals surface area contributed by atoms with Crippen molar-refractivity contribution in [3.63, 3.8) is 0 Å². The maximum atomic E-state index is 12.4. The maximum absolute atomic E-state index is 12.4. The Labute approximate surface area is 126 Å². The number of amides is 1. The third-order valence-electron chi connectivity index (χ3n) is 4.43. The Balaban J connectivity index is 1.72.